The summed E-state index contributed by atoms with van der Waals surface area (Å²) in [5.74, 6) is 0.831. The minimum Gasteiger partial charge on any atom is -0.383 e. The summed E-state index contributed by atoms with van der Waals surface area (Å²) >= 11 is 0. The number of nitrogens with two attached hydrogens (primary N) is 1. The zero-order valence-corrected chi connectivity index (χ0v) is 20.1. The molecule has 0 radical (unpaired) electrons. The molecule has 0 amide bonds. The van der Waals surface area contributed by atoms with Crippen LogP contribution in [0, 0.1) is 11.3 Å². The summed E-state index contributed by atoms with van der Waals surface area (Å²) in [5.41, 5.74) is 11.4. The summed E-state index contributed by atoms with van der Waals surface area (Å²) < 4.78 is 0. The topological polar surface area (TPSA) is 116 Å². The van der Waals surface area contributed by atoms with Crippen molar-refractivity contribution in [2.75, 3.05) is 18.8 Å². The van der Waals surface area contributed by atoms with Gasteiger partial charge < -0.3 is 11.1 Å². The fourth-order valence-electron chi connectivity index (χ4n) is 4.18. The molecule has 0 unspecified atom stereocenters. The molecule has 4 N–H and O–H groups in total. The number of rotatable bonds is 3. The Hall–Kier alpha value is -2.89. The number of piperidine rings is 1. The molecule has 1 aliphatic rings. The van der Waals surface area contributed by atoms with Gasteiger partial charge >= 0.3 is 0 Å². The third-order valence-electron chi connectivity index (χ3n) is 5.79. The van der Waals surface area contributed by atoms with Gasteiger partial charge in [0.05, 0.1) is 23.0 Å². The number of hydrogen-bond donors (Lipinski definition) is 3. The smallest absolute Gasteiger partial charge is 0.132 e. The summed E-state index contributed by atoms with van der Waals surface area (Å²) in [6, 6.07) is 11.8. The zero-order chi connectivity index (χ0) is 20.5. The van der Waals surface area contributed by atoms with Crippen LogP contribution in [0.1, 0.15) is 30.0 Å². The van der Waals surface area contributed by atoms with Crippen molar-refractivity contribution in [1.82, 2.24) is 25.5 Å². The first-order valence-electron chi connectivity index (χ1n) is 10.0. The second-order valence-electron chi connectivity index (χ2n) is 7.57. The van der Waals surface area contributed by atoms with Crippen molar-refractivity contribution in [3.8, 4) is 28.5 Å². The monoisotopic (exact) mass is 503 g/mol. The predicted molar refractivity (Wildman–Crippen MR) is 138 cm³/mol. The van der Waals surface area contributed by atoms with E-state index in [0.717, 1.165) is 59.1 Å². The quantitative estimate of drug-likeness (QED) is 0.366. The van der Waals surface area contributed by atoms with Gasteiger partial charge in [0.25, 0.3) is 0 Å². The molecule has 4 aromatic rings. The number of aromatic amines is 1. The van der Waals surface area contributed by atoms with Crippen LogP contribution in [0.4, 0.5) is 5.82 Å². The highest BCUT2D eigenvalue weighted by molar-refractivity contribution is 5.91. The second kappa shape index (κ2) is 11.3. The molecule has 0 spiro atoms. The first-order valence-corrected chi connectivity index (χ1v) is 10.0. The number of aromatic nitrogens is 4. The zero-order valence-electron chi connectivity index (χ0n) is 17.6. The van der Waals surface area contributed by atoms with Crippen LogP contribution in [-0.4, -0.2) is 33.3 Å². The van der Waals surface area contributed by atoms with Crippen molar-refractivity contribution in [1.29, 1.82) is 5.26 Å². The molecule has 0 bridgehead atoms. The standard InChI is InChI=1S/C23H21N7.3ClH/c24-10-15-2-1-3-16-11-27-21(9-18(15)16)19-8-17(12-28-23(19)25)20-13-29-30-22(20)14-4-6-26-7-5-14;;;/h1-3,8-9,11-14,26H,4-7H2,(H2,25,28)(H,29,30);3*1H. The number of nitriles is 1. The van der Waals surface area contributed by atoms with Crippen molar-refractivity contribution >= 4 is 53.8 Å². The number of anilines is 1. The number of nitrogen functional groups attached to an aromatic ring is 1. The van der Waals surface area contributed by atoms with Crippen LogP contribution in [0.25, 0.3) is 33.2 Å². The summed E-state index contributed by atoms with van der Waals surface area (Å²) in [4.78, 5) is 9.03. The number of hydrogen-bond acceptors (Lipinski definition) is 6. The normalized spacial score (nSPS) is 13.3. The second-order valence-corrected chi connectivity index (χ2v) is 7.57. The van der Waals surface area contributed by atoms with Gasteiger partial charge in [-0.2, -0.15) is 10.4 Å². The van der Waals surface area contributed by atoms with Gasteiger partial charge in [0, 0.05) is 52.0 Å². The van der Waals surface area contributed by atoms with E-state index in [0.29, 0.717) is 23.0 Å². The molecule has 10 heteroatoms. The molecule has 7 nitrogen and oxygen atoms in total. The van der Waals surface area contributed by atoms with Crippen LogP contribution in [0.3, 0.4) is 0 Å². The lowest BCUT2D eigenvalue weighted by atomic mass is 9.90. The van der Waals surface area contributed by atoms with Gasteiger partial charge in [0.1, 0.15) is 5.82 Å². The Bertz CT molecular complexity index is 1280. The van der Waals surface area contributed by atoms with Crippen molar-refractivity contribution < 1.29 is 0 Å². The van der Waals surface area contributed by atoms with E-state index in [-0.39, 0.29) is 37.2 Å². The molecule has 33 heavy (non-hydrogen) atoms. The van der Waals surface area contributed by atoms with Crippen LogP contribution >= 0.6 is 37.2 Å². The number of pyridine rings is 2. The maximum Gasteiger partial charge on any atom is 0.132 e. The highest BCUT2D eigenvalue weighted by atomic mass is 35.5. The van der Waals surface area contributed by atoms with Gasteiger partial charge in [-0.05, 0) is 44.1 Å². The Morgan fingerprint density at radius 1 is 1.00 bits per heavy atom. The molecule has 172 valence electrons. The Labute approximate surface area is 210 Å². The number of benzene rings is 1. The number of fused-ring (bicyclic) bond motifs is 1. The molecule has 1 fully saturated rings. The third kappa shape index (κ3) is 5.05. The molecule has 1 aliphatic heterocycles. The summed E-state index contributed by atoms with van der Waals surface area (Å²) in [6.45, 7) is 2.01. The van der Waals surface area contributed by atoms with Crippen molar-refractivity contribution in [3.05, 3.63) is 60.2 Å². The number of H-pyrrole nitrogens is 1. The fourth-order valence-corrected chi connectivity index (χ4v) is 4.18. The lowest BCUT2D eigenvalue weighted by Gasteiger charge is -2.22. The third-order valence-corrected chi connectivity index (χ3v) is 5.79. The van der Waals surface area contributed by atoms with Crippen molar-refractivity contribution in [2.45, 2.75) is 18.8 Å². The summed E-state index contributed by atoms with van der Waals surface area (Å²) in [5, 5.41) is 22.2. The summed E-state index contributed by atoms with van der Waals surface area (Å²) in [7, 11) is 0. The average Bonchev–Trinajstić information content (AvgIpc) is 3.29. The van der Waals surface area contributed by atoms with Gasteiger partial charge in [-0.3, -0.25) is 10.1 Å². The molecule has 3 aromatic heterocycles. The lowest BCUT2D eigenvalue weighted by Crippen LogP contribution is -2.27. The Kier molecular flexibility index (Phi) is 9.03. The Balaban J connectivity index is 0.00000128. The Morgan fingerprint density at radius 3 is 2.55 bits per heavy atom. The molecular formula is C23H24Cl3N7. The maximum absolute atomic E-state index is 9.45. The number of nitrogens with one attached hydrogen (secondary N) is 2. The van der Waals surface area contributed by atoms with Gasteiger partial charge in [0.2, 0.25) is 0 Å². The van der Waals surface area contributed by atoms with E-state index >= 15 is 0 Å². The van der Waals surface area contributed by atoms with E-state index in [1.807, 2.05) is 30.5 Å². The maximum atomic E-state index is 9.45. The first kappa shape index (κ1) is 26.4. The molecule has 5 rings (SSSR count). The van der Waals surface area contributed by atoms with Crippen LogP contribution in [0.2, 0.25) is 0 Å². The van der Waals surface area contributed by atoms with Gasteiger partial charge in [-0.1, -0.05) is 12.1 Å². The van der Waals surface area contributed by atoms with Crippen molar-refractivity contribution in [3.63, 3.8) is 0 Å². The van der Waals surface area contributed by atoms with E-state index in [2.05, 4.69) is 31.6 Å². The fraction of sp³-hybridized carbons (Fsp3) is 0.217. The highest BCUT2D eigenvalue weighted by Crippen LogP contribution is 2.35. The van der Waals surface area contributed by atoms with Crippen LogP contribution < -0.4 is 11.1 Å². The molecule has 4 heterocycles. The molecule has 1 saturated heterocycles. The van der Waals surface area contributed by atoms with E-state index in [1.54, 1.807) is 18.5 Å². The largest absolute Gasteiger partial charge is 0.383 e. The average molecular weight is 505 g/mol. The minimum atomic E-state index is 0. The highest BCUT2D eigenvalue weighted by Gasteiger charge is 2.22. The predicted octanol–water partition coefficient (Wildman–Crippen LogP) is 4.87. The molecule has 0 atom stereocenters. The summed E-state index contributed by atoms with van der Waals surface area (Å²) in [6.07, 6.45) is 7.62. The molecule has 1 aromatic carbocycles. The molecular weight excluding hydrogens is 481 g/mol. The van der Waals surface area contributed by atoms with Gasteiger partial charge in [0.15, 0.2) is 0 Å². The Morgan fingerprint density at radius 2 is 1.79 bits per heavy atom. The molecule has 0 aliphatic carbocycles. The van der Waals surface area contributed by atoms with E-state index in [9.17, 15) is 5.26 Å². The lowest BCUT2D eigenvalue weighted by molar-refractivity contribution is 0.453. The van der Waals surface area contributed by atoms with Crippen LogP contribution in [0.5, 0.6) is 0 Å². The van der Waals surface area contributed by atoms with Crippen LogP contribution in [0.15, 0.2) is 48.9 Å². The van der Waals surface area contributed by atoms with E-state index < -0.39 is 0 Å². The van der Waals surface area contributed by atoms with E-state index in [4.69, 9.17) is 5.73 Å². The van der Waals surface area contributed by atoms with Gasteiger partial charge in [-0.15, -0.1) is 37.2 Å². The SMILES string of the molecule is Cl.Cl.Cl.N#Cc1cccc2cnc(-c3cc(-c4c[nH]nc4C4CCNCC4)cnc3N)cc12. The number of halogens is 3. The first-order chi connectivity index (χ1) is 14.7. The molecule has 0 saturated carbocycles. The van der Waals surface area contributed by atoms with Crippen LogP contribution in [-0.2, 0) is 0 Å². The van der Waals surface area contributed by atoms with Crippen molar-refractivity contribution in [2.24, 2.45) is 0 Å². The minimum absolute atomic E-state index is 0. The van der Waals surface area contributed by atoms with Gasteiger partial charge in [-0.25, -0.2) is 4.98 Å². The number of nitrogens with zero attached hydrogens (tertiary/aromatic N) is 4. The van der Waals surface area contributed by atoms with E-state index in [1.165, 1.54) is 0 Å².